The molecule has 2 heterocycles. The average molecular weight is 299 g/mol. The number of aromatic nitrogens is 4. The number of nitrogens with zero attached hydrogens (tertiary/aromatic N) is 4. The SMILES string of the molecule is Cc1ccc(-n2cc(C=O)c(-c3cnccn3)n2)cc1Cl. The van der Waals surface area contributed by atoms with Crippen molar-refractivity contribution >= 4 is 17.9 Å². The van der Waals surface area contributed by atoms with Crippen molar-refractivity contribution in [2.75, 3.05) is 0 Å². The first kappa shape index (κ1) is 13.5. The lowest BCUT2D eigenvalue weighted by atomic mass is 10.2. The fourth-order valence-corrected chi connectivity index (χ4v) is 2.13. The highest BCUT2D eigenvalue weighted by atomic mass is 35.5. The molecule has 0 amide bonds. The summed E-state index contributed by atoms with van der Waals surface area (Å²) in [5, 5.41) is 5.07. The Morgan fingerprint density at radius 2 is 2.14 bits per heavy atom. The van der Waals surface area contributed by atoms with Gasteiger partial charge in [-0.25, -0.2) is 4.68 Å². The van der Waals surface area contributed by atoms with E-state index in [0.29, 0.717) is 22.0 Å². The van der Waals surface area contributed by atoms with Gasteiger partial charge in [-0.1, -0.05) is 17.7 Å². The van der Waals surface area contributed by atoms with E-state index in [2.05, 4.69) is 15.1 Å². The van der Waals surface area contributed by atoms with Crippen molar-refractivity contribution in [3.8, 4) is 17.1 Å². The fourth-order valence-electron chi connectivity index (χ4n) is 1.95. The first-order chi connectivity index (χ1) is 10.2. The van der Waals surface area contributed by atoms with Gasteiger partial charge in [-0.2, -0.15) is 5.10 Å². The van der Waals surface area contributed by atoms with Gasteiger partial charge in [-0.15, -0.1) is 0 Å². The Kier molecular flexibility index (Phi) is 3.50. The first-order valence-electron chi connectivity index (χ1n) is 6.27. The second kappa shape index (κ2) is 5.46. The summed E-state index contributed by atoms with van der Waals surface area (Å²) < 4.78 is 1.61. The molecule has 3 rings (SSSR count). The van der Waals surface area contributed by atoms with E-state index < -0.39 is 0 Å². The number of hydrogen-bond acceptors (Lipinski definition) is 4. The molecule has 0 fully saturated rings. The van der Waals surface area contributed by atoms with Gasteiger partial charge in [0.25, 0.3) is 0 Å². The Labute approximate surface area is 126 Å². The number of carbonyl (C=O) groups excluding carboxylic acids is 1. The van der Waals surface area contributed by atoms with Gasteiger partial charge in [-0.05, 0) is 24.6 Å². The standard InChI is InChI=1S/C15H11ClN4O/c1-10-2-3-12(6-13(10)16)20-8-11(9-21)15(19-20)14-7-17-4-5-18-14/h2-9H,1H3. The lowest BCUT2D eigenvalue weighted by Gasteiger charge is -2.03. The molecule has 0 atom stereocenters. The second-order valence-corrected chi connectivity index (χ2v) is 4.93. The van der Waals surface area contributed by atoms with E-state index in [9.17, 15) is 4.79 Å². The number of carbonyl (C=O) groups is 1. The van der Waals surface area contributed by atoms with E-state index in [1.807, 2.05) is 19.1 Å². The highest BCUT2D eigenvalue weighted by Crippen LogP contribution is 2.23. The monoisotopic (exact) mass is 298 g/mol. The van der Waals surface area contributed by atoms with Gasteiger partial charge in [0.1, 0.15) is 11.4 Å². The van der Waals surface area contributed by atoms with Crippen LogP contribution in [0.15, 0.2) is 43.0 Å². The molecular formula is C15H11ClN4O. The average Bonchev–Trinajstić information content (AvgIpc) is 2.95. The zero-order valence-electron chi connectivity index (χ0n) is 11.2. The summed E-state index contributed by atoms with van der Waals surface area (Å²) >= 11 is 6.13. The maximum atomic E-state index is 11.2. The molecule has 5 nitrogen and oxygen atoms in total. The van der Waals surface area contributed by atoms with E-state index >= 15 is 0 Å². The van der Waals surface area contributed by atoms with E-state index in [1.165, 1.54) is 0 Å². The molecular weight excluding hydrogens is 288 g/mol. The van der Waals surface area contributed by atoms with Crippen molar-refractivity contribution in [2.24, 2.45) is 0 Å². The molecule has 0 bridgehead atoms. The van der Waals surface area contributed by atoms with E-state index in [1.54, 1.807) is 35.5 Å². The van der Waals surface area contributed by atoms with Crippen molar-refractivity contribution in [2.45, 2.75) is 6.92 Å². The molecule has 0 unspecified atom stereocenters. The summed E-state index contributed by atoms with van der Waals surface area (Å²) in [7, 11) is 0. The lowest BCUT2D eigenvalue weighted by molar-refractivity contribution is 0.112. The Morgan fingerprint density at radius 1 is 1.29 bits per heavy atom. The Morgan fingerprint density at radius 3 is 2.81 bits per heavy atom. The summed E-state index contributed by atoms with van der Waals surface area (Å²) in [5.74, 6) is 0. The lowest BCUT2D eigenvalue weighted by Crippen LogP contribution is -1.96. The molecule has 21 heavy (non-hydrogen) atoms. The van der Waals surface area contributed by atoms with Crippen LogP contribution in [0.1, 0.15) is 15.9 Å². The quantitative estimate of drug-likeness (QED) is 0.697. The minimum atomic E-state index is 0.451. The molecule has 104 valence electrons. The van der Waals surface area contributed by atoms with E-state index in [4.69, 9.17) is 11.6 Å². The van der Waals surface area contributed by atoms with Gasteiger partial charge < -0.3 is 0 Å². The van der Waals surface area contributed by atoms with Crippen LogP contribution >= 0.6 is 11.6 Å². The first-order valence-corrected chi connectivity index (χ1v) is 6.64. The molecule has 0 saturated carbocycles. The summed E-state index contributed by atoms with van der Waals surface area (Å²) in [5.41, 5.74) is 3.26. The van der Waals surface area contributed by atoms with Crippen LogP contribution in [0, 0.1) is 6.92 Å². The molecule has 6 heteroatoms. The second-order valence-electron chi connectivity index (χ2n) is 4.52. The van der Waals surface area contributed by atoms with Crippen molar-refractivity contribution in [3.63, 3.8) is 0 Å². The van der Waals surface area contributed by atoms with Crippen LogP contribution in [0.3, 0.4) is 0 Å². The van der Waals surface area contributed by atoms with Crippen LogP contribution in [0.4, 0.5) is 0 Å². The molecule has 1 aromatic carbocycles. The third-order valence-corrected chi connectivity index (χ3v) is 3.50. The summed E-state index contributed by atoms with van der Waals surface area (Å²) in [4.78, 5) is 19.4. The van der Waals surface area contributed by atoms with Crippen LogP contribution in [0.5, 0.6) is 0 Å². The summed E-state index contributed by atoms with van der Waals surface area (Å²) in [6.45, 7) is 1.93. The smallest absolute Gasteiger partial charge is 0.153 e. The van der Waals surface area contributed by atoms with Crippen molar-refractivity contribution in [1.82, 2.24) is 19.7 Å². The normalized spacial score (nSPS) is 10.6. The zero-order valence-corrected chi connectivity index (χ0v) is 11.9. The molecule has 0 radical (unpaired) electrons. The number of benzene rings is 1. The third-order valence-electron chi connectivity index (χ3n) is 3.10. The largest absolute Gasteiger partial charge is 0.298 e. The van der Waals surface area contributed by atoms with Crippen molar-refractivity contribution in [3.05, 3.63) is 59.1 Å². The minimum Gasteiger partial charge on any atom is -0.298 e. The molecule has 0 spiro atoms. The molecule has 2 aromatic heterocycles. The number of hydrogen-bond donors (Lipinski definition) is 0. The van der Waals surface area contributed by atoms with Crippen LogP contribution in [-0.4, -0.2) is 26.0 Å². The summed E-state index contributed by atoms with van der Waals surface area (Å²) in [6.07, 6.45) is 7.11. The number of halogens is 1. The molecule has 0 N–H and O–H groups in total. The number of aldehydes is 1. The van der Waals surface area contributed by atoms with Crippen LogP contribution in [0.25, 0.3) is 17.1 Å². The highest BCUT2D eigenvalue weighted by molar-refractivity contribution is 6.31. The zero-order chi connectivity index (χ0) is 14.8. The predicted octanol–water partition coefficient (Wildman–Crippen LogP) is 3.10. The summed E-state index contributed by atoms with van der Waals surface area (Å²) in [6, 6.07) is 5.60. The number of rotatable bonds is 3. The van der Waals surface area contributed by atoms with E-state index in [0.717, 1.165) is 17.5 Å². The van der Waals surface area contributed by atoms with Crippen molar-refractivity contribution in [1.29, 1.82) is 0 Å². The topological polar surface area (TPSA) is 60.7 Å². The van der Waals surface area contributed by atoms with Gasteiger partial charge in [0.15, 0.2) is 6.29 Å². The molecule has 0 aliphatic rings. The molecule has 0 aliphatic heterocycles. The Hall–Kier alpha value is -2.53. The third kappa shape index (κ3) is 2.55. The van der Waals surface area contributed by atoms with Crippen molar-refractivity contribution < 1.29 is 4.79 Å². The Bertz CT molecular complexity index is 799. The molecule has 0 saturated heterocycles. The maximum Gasteiger partial charge on any atom is 0.153 e. The maximum absolute atomic E-state index is 11.2. The van der Waals surface area contributed by atoms with Crippen LogP contribution in [0.2, 0.25) is 5.02 Å². The van der Waals surface area contributed by atoms with Crippen LogP contribution < -0.4 is 0 Å². The highest BCUT2D eigenvalue weighted by Gasteiger charge is 2.13. The molecule has 3 aromatic rings. The van der Waals surface area contributed by atoms with Gasteiger partial charge in [0.05, 0.1) is 17.4 Å². The van der Waals surface area contributed by atoms with Crippen LogP contribution in [-0.2, 0) is 0 Å². The minimum absolute atomic E-state index is 0.451. The predicted molar refractivity (Wildman–Crippen MR) is 79.7 cm³/mol. The van der Waals surface area contributed by atoms with Gasteiger partial charge in [-0.3, -0.25) is 14.8 Å². The van der Waals surface area contributed by atoms with Gasteiger partial charge in [0.2, 0.25) is 0 Å². The van der Waals surface area contributed by atoms with E-state index in [-0.39, 0.29) is 0 Å². The number of aryl methyl sites for hydroxylation is 1. The van der Waals surface area contributed by atoms with Gasteiger partial charge >= 0.3 is 0 Å². The molecule has 0 aliphatic carbocycles. The van der Waals surface area contributed by atoms with Gasteiger partial charge in [0, 0.05) is 23.6 Å². The fraction of sp³-hybridized carbons (Fsp3) is 0.0667. The Balaban J connectivity index is 2.11.